The minimum atomic E-state index is -1.16. The number of aliphatic hydroxyl groups is 3. The van der Waals surface area contributed by atoms with Crippen LogP contribution in [0.15, 0.2) is 36.5 Å². The fourth-order valence-corrected chi connectivity index (χ4v) is 6.43. The van der Waals surface area contributed by atoms with Crippen LogP contribution in [-0.2, 0) is 4.79 Å². The van der Waals surface area contributed by atoms with Crippen molar-refractivity contribution in [1.29, 1.82) is 0 Å². The molecule has 49 heavy (non-hydrogen) atoms. The van der Waals surface area contributed by atoms with Gasteiger partial charge in [-0.15, -0.1) is 0 Å². The van der Waals surface area contributed by atoms with E-state index >= 15 is 0 Å². The topological polar surface area (TPSA) is 89.8 Å². The highest BCUT2D eigenvalue weighted by Gasteiger charge is 2.26. The maximum Gasteiger partial charge on any atom is 0.220 e. The Balaban J connectivity index is 3.64. The first kappa shape index (κ1) is 47.6. The van der Waals surface area contributed by atoms with E-state index in [0.717, 1.165) is 51.4 Å². The third-order valence-electron chi connectivity index (χ3n) is 9.73. The third-order valence-corrected chi connectivity index (χ3v) is 9.73. The van der Waals surface area contributed by atoms with Gasteiger partial charge < -0.3 is 20.6 Å². The fourth-order valence-electron chi connectivity index (χ4n) is 6.43. The molecule has 0 aromatic heterocycles. The zero-order valence-electron chi connectivity index (χ0n) is 32.6. The Bertz CT molecular complexity index is 764. The molecule has 0 aromatic rings. The zero-order chi connectivity index (χ0) is 35.9. The second-order valence-electron chi connectivity index (χ2n) is 14.5. The van der Waals surface area contributed by atoms with Crippen LogP contribution in [0.5, 0.6) is 0 Å². The monoisotopic (exact) mass is 690 g/mol. The average Bonchev–Trinajstić information content (AvgIpc) is 3.10. The second kappa shape index (κ2) is 39.4. The number of nitrogens with one attached hydrogen (secondary N) is 1. The summed E-state index contributed by atoms with van der Waals surface area (Å²) in [6.45, 7) is 4.06. The van der Waals surface area contributed by atoms with E-state index in [9.17, 15) is 20.1 Å². The number of allylic oxidation sites excluding steroid dienone is 6. The summed E-state index contributed by atoms with van der Waals surface area (Å²) >= 11 is 0. The number of unbranched alkanes of at least 4 members (excludes halogenated alkanes) is 24. The molecule has 5 heteroatoms. The van der Waals surface area contributed by atoms with Crippen molar-refractivity contribution in [2.45, 2.75) is 231 Å². The van der Waals surface area contributed by atoms with Crippen molar-refractivity contribution in [1.82, 2.24) is 5.32 Å². The summed E-state index contributed by atoms with van der Waals surface area (Å²) in [6.07, 6.45) is 48.2. The van der Waals surface area contributed by atoms with Gasteiger partial charge in [-0.25, -0.2) is 0 Å². The lowest BCUT2D eigenvalue weighted by molar-refractivity contribution is -0.124. The molecule has 0 bridgehead atoms. The first-order chi connectivity index (χ1) is 24.1. The molecule has 0 fully saturated rings. The average molecular weight is 690 g/mol. The third kappa shape index (κ3) is 34.8. The molecule has 0 aliphatic rings. The maximum atomic E-state index is 12.4. The number of rotatable bonds is 38. The minimum Gasteiger partial charge on any atom is -0.394 e. The number of amides is 1. The molecule has 3 atom stereocenters. The first-order valence-electron chi connectivity index (χ1n) is 21.3. The van der Waals surface area contributed by atoms with Crippen molar-refractivity contribution >= 4 is 5.91 Å². The highest BCUT2D eigenvalue weighted by molar-refractivity contribution is 5.76. The van der Waals surface area contributed by atoms with Crippen LogP contribution in [0, 0.1) is 0 Å². The quantitative estimate of drug-likeness (QED) is 0.0384. The lowest BCUT2D eigenvalue weighted by Gasteiger charge is -2.26. The smallest absolute Gasteiger partial charge is 0.220 e. The van der Waals surface area contributed by atoms with Crippen LogP contribution in [0.1, 0.15) is 213 Å². The van der Waals surface area contributed by atoms with E-state index in [1.807, 2.05) is 0 Å². The van der Waals surface area contributed by atoms with E-state index in [4.69, 9.17) is 0 Å². The Hall–Kier alpha value is -1.43. The lowest BCUT2D eigenvalue weighted by atomic mass is 10.0. The van der Waals surface area contributed by atoms with Crippen molar-refractivity contribution in [3.63, 3.8) is 0 Å². The van der Waals surface area contributed by atoms with Gasteiger partial charge in [-0.05, 0) is 64.2 Å². The predicted octanol–water partition coefficient (Wildman–Crippen LogP) is 12.0. The van der Waals surface area contributed by atoms with Gasteiger partial charge in [-0.2, -0.15) is 0 Å². The lowest BCUT2D eigenvalue weighted by Crippen LogP contribution is -2.50. The van der Waals surface area contributed by atoms with Crippen molar-refractivity contribution in [2.75, 3.05) is 6.61 Å². The van der Waals surface area contributed by atoms with Crippen molar-refractivity contribution in [3.8, 4) is 0 Å². The number of hydrogen-bond acceptors (Lipinski definition) is 4. The predicted molar refractivity (Wildman–Crippen MR) is 213 cm³/mol. The van der Waals surface area contributed by atoms with Gasteiger partial charge in [0.2, 0.25) is 5.91 Å². The van der Waals surface area contributed by atoms with Gasteiger partial charge in [0, 0.05) is 6.42 Å². The summed E-state index contributed by atoms with van der Waals surface area (Å²) in [4.78, 5) is 12.4. The van der Waals surface area contributed by atoms with Gasteiger partial charge in [0.25, 0.3) is 0 Å². The molecule has 1 amide bonds. The number of aliphatic hydroxyl groups excluding tert-OH is 3. The van der Waals surface area contributed by atoms with Crippen LogP contribution in [0.3, 0.4) is 0 Å². The molecule has 0 rings (SSSR count). The molecule has 0 saturated heterocycles. The van der Waals surface area contributed by atoms with E-state index < -0.39 is 18.2 Å². The molecule has 0 heterocycles. The largest absolute Gasteiger partial charge is 0.394 e. The summed E-state index contributed by atoms with van der Waals surface area (Å²) in [5.41, 5.74) is 0. The summed E-state index contributed by atoms with van der Waals surface area (Å²) in [6, 6.07) is -0.824. The van der Waals surface area contributed by atoms with Gasteiger partial charge in [0.05, 0.1) is 18.8 Å². The molecule has 4 N–H and O–H groups in total. The number of carbonyl (C=O) groups excluding carboxylic acids is 1. The normalized spacial score (nSPS) is 14.0. The van der Waals surface area contributed by atoms with Gasteiger partial charge in [0.15, 0.2) is 0 Å². The molecule has 0 saturated carbocycles. The van der Waals surface area contributed by atoms with Gasteiger partial charge in [-0.3, -0.25) is 4.79 Å². The van der Waals surface area contributed by atoms with E-state index in [0.29, 0.717) is 12.8 Å². The minimum absolute atomic E-state index is 0.156. The van der Waals surface area contributed by atoms with E-state index in [-0.39, 0.29) is 12.5 Å². The van der Waals surface area contributed by atoms with Crippen LogP contribution in [0.2, 0.25) is 0 Å². The zero-order valence-corrected chi connectivity index (χ0v) is 32.6. The van der Waals surface area contributed by atoms with Gasteiger partial charge in [0.1, 0.15) is 6.10 Å². The van der Waals surface area contributed by atoms with Crippen molar-refractivity contribution < 1.29 is 20.1 Å². The van der Waals surface area contributed by atoms with Gasteiger partial charge in [-0.1, -0.05) is 179 Å². The molecule has 5 nitrogen and oxygen atoms in total. The Morgan fingerprint density at radius 3 is 1.41 bits per heavy atom. The van der Waals surface area contributed by atoms with E-state index in [1.54, 1.807) is 0 Å². The molecular formula is C44H83NO4. The highest BCUT2D eigenvalue weighted by atomic mass is 16.3. The van der Waals surface area contributed by atoms with Crippen LogP contribution < -0.4 is 5.32 Å². The maximum absolute atomic E-state index is 12.4. The summed E-state index contributed by atoms with van der Waals surface area (Å²) in [7, 11) is 0. The Kier molecular flexibility index (Phi) is 38.2. The first-order valence-corrected chi connectivity index (χ1v) is 21.3. The highest BCUT2D eigenvalue weighted by Crippen LogP contribution is 2.15. The van der Waals surface area contributed by atoms with Crippen LogP contribution >= 0.6 is 0 Å². The molecule has 0 aromatic carbocycles. The second-order valence-corrected chi connectivity index (χ2v) is 14.5. The molecule has 0 aliphatic carbocycles. The number of hydrogen-bond donors (Lipinski definition) is 4. The van der Waals surface area contributed by atoms with Crippen LogP contribution in [0.25, 0.3) is 0 Å². The molecule has 288 valence electrons. The van der Waals surface area contributed by atoms with Crippen LogP contribution in [-0.4, -0.2) is 46.1 Å². The van der Waals surface area contributed by atoms with Crippen molar-refractivity contribution in [3.05, 3.63) is 36.5 Å². The van der Waals surface area contributed by atoms with E-state index in [2.05, 4.69) is 55.6 Å². The van der Waals surface area contributed by atoms with Gasteiger partial charge >= 0.3 is 0 Å². The standard InChI is InChI=1S/C44H83NO4/c1-3-5-7-9-11-13-15-17-19-20-21-22-23-24-25-27-29-31-33-35-37-39-43(48)45-41(40-46)44(49)42(47)38-36-34-32-30-28-26-18-16-14-12-10-8-6-4-2/h5,7,11,13,30,32,41-42,44,46-47,49H,3-4,6,8-10,12,14-29,31,33-40H2,1-2H3,(H,45,48)/b7-5-,13-11-,32-30+. The summed E-state index contributed by atoms with van der Waals surface area (Å²) in [5.74, 6) is -0.156. The fraction of sp³-hybridized carbons (Fsp3) is 0.841. The molecular weight excluding hydrogens is 606 g/mol. The molecule has 3 unspecified atom stereocenters. The Morgan fingerprint density at radius 1 is 0.531 bits per heavy atom. The summed E-state index contributed by atoms with van der Waals surface area (Å²) < 4.78 is 0. The summed E-state index contributed by atoms with van der Waals surface area (Å²) in [5, 5.41) is 33.4. The number of carbonyl (C=O) groups is 1. The molecule has 0 spiro atoms. The SMILES string of the molecule is CC/C=C\C/C=C\CCCCCCCCCCCCCCCCC(=O)NC(CO)C(O)C(O)CCC/C=C/CCCCCCCCCCC. The molecule has 0 radical (unpaired) electrons. The Morgan fingerprint density at radius 2 is 0.939 bits per heavy atom. The molecule has 0 aliphatic heterocycles. The van der Waals surface area contributed by atoms with Crippen molar-refractivity contribution in [2.24, 2.45) is 0 Å². The Labute approximate surface area is 304 Å². The van der Waals surface area contributed by atoms with Crippen LogP contribution in [0.4, 0.5) is 0 Å². The van der Waals surface area contributed by atoms with E-state index in [1.165, 1.54) is 135 Å².